The van der Waals surface area contributed by atoms with Gasteiger partial charge in [0.2, 0.25) is 0 Å². The lowest BCUT2D eigenvalue weighted by atomic mass is 10.2. The molecule has 0 aliphatic carbocycles. The average molecular weight is 378 g/mol. The molecule has 0 unspecified atom stereocenters. The van der Waals surface area contributed by atoms with Crippen LogP contribution in [0.5, 0.6) is 0 Å². The normalized spacial score (nSPS) is 11.1. The summed E-state index contributed by atoms with van der Waals surface area (Å²) in [5.74, 6) is -2.37. The number of carboxylic acid groups (broad SMARTS) is 1. The van der Waals surface area contributed by atoms with Gasteiger partial charge in [-0.25, -0.2) is 18.6 Å². The Morgan fingerprint density at radius 2 is 2.12 bits per heavy atom. The van der Waals surface area contributed by atoms with Gasteiger partial charge in [0.05, 0.1) is 23.6 Å². The predicted octanol–water partition coefficient (Wildman–Crippen LogP) is 4.21. The van der Waals surface area contributed by atoms with E-state index in [1.54, 1.807) is 25.5 Å². The number of aromatic nitrogens is 2. The summed E-state index contributed by atoms with van der Waals surface area (Å²) in [6, 6.07) is 4.87. The molecule has 1 N–H and O–H groups in total. The van der Waals surface area contributed by atoms with Crippen LogP contribution in [0, 0.1) is 18.6 Å². The van der Waals surface area contributed by atoms with Crippen LogP contribution < -0.4 is 0 Å². The summed E-state index contributed by atoms with van der Waals surface area (Å²) in [5, 5.41) is 11.5. The van der Waals surface area contributed by atoms with Crippen molar-refractivity contribution in [2.24, 2.45) is 0 Å². The van der Waals surface area contributed by atoms with Crippen LogP contribution in [0.25, 0.3) is 22.0 Å². The average Bonchev–Trinajstić information content (AvgIpc) is 3.18. The minimum atomic E-state index is -1.03. The van der Waals surface area contributed by atoms with Gasteiger partial charge in [-0.2, -0.15) is 0 Å². The lowest BCUT2D eigenvalue weighted by Gasteiger charge is -2.09. The highest BCUT2D eigenvalue weighted by molar-refractivity contribution is 7.13. The van der Waals surface area contributed by atoms with E-state index in [1.165, 1.54) is 23.5 Å². The van der Waals surface area contributed by atoms with E-state index in [2.05, 4.69) is 4.98 Å². The number of carboxylic acids is 1. The molecule has 0 atom stereocenters. The van der Waals surface area contributed by atoms with Gasteiger partial charge in [-0.05, 0) is 25.1 Å². The molecule has 0 saturated heterocycles. The molecule has 0 aliphatic rings. The van der Waals surface area contributed by atoms with Crippen molar-refractivity contribution < 1.29 is 23.4 Å². The van der Waals surface area contributed by atoms with Gasteiger partial charge in [0, 0.05) is 36.4 Å². The number of hydrogen-bond acceptors (Lipinski definition) is 4. The topological polar surface area (TPSA) is 64.4 Å². The Morgan fingerprint density at radius 3 is 2.77 bits per heavy atom. The third-order valence-corrected chi connectivity index (χ3v) is 4.92. The number of thiazole rings is 1. The monoisotopic (exact) mass is 378 g/mol. The van der Waals surface area contributed by atoms with Crippen molar-refractivity contribution in [1.29, 1.82) is 0 Å². The maximum atomic E-state index is 14.0. The summed E-state index contributed by atoms with van der Waals surface area (Å²) < 4.78 is 34.0. The number of carbonyl (C=O) groups is 1. The zero-order valence-corrected chi connectivity index (χ0v) is 14.9. The van der Waals surface area contributed by atoms with E-state index in [4.69, 9.17) is 4.74 Å². The van der Waals surface area contributed by atoms with Crippen LogP contribution in [0.4, 0.5) is 8.78 Å². The lowest BCUT2D eigenvalue weighted by molar-refractivity contribution is 0.0696. The van der Waals surface area contributed by atoms with Gasteiger partial charge < -0.3 is 14.4 Å². The van der Waals surface area contributed by atoms with Crippen molar-refractivity contribution in [1.82, 2.24) is 9.55 Å². The molecular formula is C18H16F2N2O3S. The van der Waals surface area contributed by atoms with Crippen LogP contribution in [0.3, 0.4) is 0 Å². The summed E-state index contributed by atoms with van der Waals surface area (Å²) in [7, 11) is 1.56. The second-order valence-electron chi connectivity index (χ2n) is 5.64. The fourth-order valence-electron chi connectivity index (χ4n) is 2.72. The summed E-state index contributed by atoms with van der Waals surface area (Å²) in [5.41, 5.74) is 2.11. The summed E-state index contributed by atoms with van der Waals surface area (Å²) in [4.78, 5) is 15.9. The van der Waals surface area contributed by atoms with E-state index in [0.717, 1.165) is 6.07 Å². The molecule has 2 heterocycles. The third kappa shape index (κ3) is 3.38. The second kappa shape index (κ2) is 7.35. The number of benzene rings is 1. The first-order valence-corrected chi connectivity index (χ1v) is 8.64. The van der Waals surface area contributed by atoms with E-state index in [0.29, 0.717) is 35.2 Å². The Bertz CT molecular complexity index is 965. The van der Waals surface area contributed by atoms with Gasteiger partial charge >= 0.3 is 5.97 Å². The highest BCUT2D eigenvalue weighted by atomic mass is 32.1. The van der Waals surface area contributed by atoms with E-state index >= 15 is 0 Å². The standard InChI is InChI=1S/C18H16F2N2O3S/c1-10-13(18(23)24)8-16(22(10)5-6-25-2)15-9-26-17(21-15)12-4-3-11(19)7-14(12)20/h3-4,7-9H,5-6H2,1-2H3,(H,23,24). The zero-order valence-electron chi connectivity index (χ0n) is 14.1. The molecular weight excluding hydrogens is 362 g/mol. The Balaban J connectivity index is 2.05. The Hall–Kier alpha value is -2.58. The maximum absolute atomic E-state index is 14.0. The van der Waals surface area contributed by atoms with Crippen molar-refractivity contribution in [3.8, 4) is 22.0 Å². The molecule has 5 nitrogen and oxygen atoms in total. The van der Waals surface area contributed by atoms with E-state index in [1.807, 2.05) is 4.57 Å². The van der Waals surface area contributed by atoms with Gasteiger partial charge in [-0.3, -0.25) is 0 Å². The first kappa shape index (κ1) is 18.2. The molecule has 0 bridgehead atoms. The van der Waals surface area contributed by atoms with Crippen LogP contribution in [0.1, 0.15) is 16.1 Å². The number of ether oxygens (including phenoxy) is 1. The van der Waals surface area contributed by atoms with Crippen molar-refractivity contribution >= 4 is 17.3 Å². The summed E-state index contributed by atoms with van der Waals surface area (Å²) >= 11 is 1.21. The van der Waals surface area contributed by atoms with Gasteiger partial charge in [0.15, 0.2) is 0 Å². The quantitative estimate of drug-likeness (QED) is 0.698. The number of halogens is 2. The smallest absolute Gasteiger partial charge is 0.337 e. The molecule has 0 fully saturated rings. The minimum Gasteiger partial charge on any atom is -0.478 e. The number of aromatic carboxylic acids is 1. The third-order valence-electron chi connectivity index (χ3n) is 4.04. The molecule has 2 aromatic heterocycles. The largest absolute Gasteiger partial charge is 0.478 e. The lowest BCUT2D eigenvalue weighted by Crippen LogP contribution is -2.08. The SMILES string of the molecule is COCCn1c(-c2csc(-c3ccc(F)cc3F)n2)cc(C(=O)O)c1C. The Morgan fingerprint density at radius 1 is 1.35 bits per heavy atom. The zero-order chi connectivity index (χ0) is 18.8. The molecule has 136 valence electrons. The molecule has 1 aromatic carbocycles. The van der Waals surface area contributed by atoms with E-state index in [-0.39, 0.29) is 11.1 Å². The van der Waals surface area contributed by atoms with Crippen LogP contribution >= 0.6 is 11.3 Å². The van der Waals surface area contributed by atoms with Gasteiger partial charge in [-0.1, -0.05) is 0 Å². The van der Waals surface area contributed by atoms with Crippen LogP contribution in [-0.2, 0) is 11.3 Å². The maximum Gasteiger partial charge on any atom is 0.337 e. The second-order valence-corrected chi connectivity index (χ2v) is 6.50. The molecule has 0 amide bonds. The minimum absolute atomic E-state index is 0.179. The molecule has 0 aliphatic heterocycles. The molecule has 0 saturated carbocycles. The number of methoxy groups -OCH3 is 1. The van der Waals surface area contributed by atoms with E-state index in [9.17, 15) is 18.7 Å². The van der Waals surface area contributed by atoms with Crippen molar-refractivity contribution in [3.05, 3.63) is 52.5 Å². The molecule has 3 rings (SSSR count). The summed E-state index contributed by atoms with van der Waals surface area (Å²) in [6.45, 7) is 2.59. The molecule has 8 heteroatoms. The van der Waals surface area contributed by atoms with E-state index < -0.39 is 17.6 Å². The van der Waals surface area contributed by atoms with Gasteiger partial charge in [0.25, 0.3) is 0 Å². The Labute approximate surface area is 152 Å². The van der Waals surface area contributed by atoms with Gasteiger partial charge in [-0.15, -0.1) is 11.3 Å². The highest BCUT2D eigenvalue weighted by Crippen LogP contribution is 2.32. The number of nitrogens with zero attached hydrogens (tertiary/aromatic N) is 2. The highest BCUT2D eigenvalue weighted by Gasteiger charge is 2.20. The van der Waals surface area contributed by atoms with Crippen molar-refractivity contribution in [2.45, 2.75) is 13.5 Å². The van der Waals surface area contributed by atoms with Crippen LogP contribution in [0.2, 0.25) is 0 Å². The first-order chi connectivity index (χ1) is 12.4. The molecule has 0 spiro atoms. The van der Waals surface area contributed by atoms with Crippen molar-refractivity contribution in [2.75, 3.05) is 13.7 Å². The van der Waals surface area contributed by atoms with Crippen molar-refractivity contribution in [3.63, 3.8) is 0 Å². The number of rotatable bonds is 6. The Kier molecular flexibility index (Phi) is 5.15. The predicted molar refractivity (Wildman–Crippen MR) is 94.5 cm³/mol. The molecule has 0 radical (unpaired) electrons. The summed E-state index contributed by atoms with van der Waals surface area (Å²) in [6.07, 6.45) is 0. The first-order valence-electron chi connectivity index (χ1n) is 7.76. The molecule has 26 heavy (non-hydrogen) atoms. The van der Waals surface area contributed by atoms with Crippen LogP contribution in [0.15, 0.2) is 29.6 Å². The fourth-order valence-corrected chi connectivity index (χ4v) is 3.56. The van der Waals surface area contributed by atoms with Gasteiger partial charge in [0.1, 0.15) is 16.6 Å². The number of hydrogen-bond donors (Lipinski definition) is 1. The van der Waals surface area contributed by atoms with Crippen LogP contribution in [-0.4, -0.2) is 34.3 Å². The fraction of sp³-hybridized carbons (Fsp3) is 0.222. The molecule has 3 aromatic rings.